The molecule has 4 nitrogen and oxygen atoms in total. The second-order valence-corrected chi connectivity index (χ2v) is 6.70. The molecule has 0 fully saturated rings. The van der Waals surface area contributed by atoms with Crippen molar-refractivity contribution in [3.05, 3.63) is 72.3 Å². The Labute approximate surface area is 151 Å². The summed E-state index contributed by atoms with van der Waals surface area (Å²) in [5, 5.41) is 1.15. The molecule has 5 rings (SSSR count). The van der Waals surface area contributed by atoms with Crippen LogP contribution in [0.25, 0.3) is 39.8 Å². The van der Waals surface area contributed by atoms with Gasteiger partial charge in [-0.15, -0.1) is 0 Å². The van der Waals surface area contributed by atoms with Gasteiger partial charge in [0.05, 0.1) is 0 Å². The number of hydrogen-bond donors (Lipinski definition) is 0. The Hall–Kier alpha value is -3.27. The Bertz CT molecular complexity index is 1130. The molecule has 0 amide bonds. The molecular formula is C22H17N3O. The minimum absolute atomic E-state index is 0.522. The summed E-state index contributed by atoms with van der Waals surface area (Å²) in [6, 6.07) is 16.1. The Morgan fingerprint density at radius 2 is 1.77 bits per heavy atom. The van der Waals surface area contributed by atoms with E-state index in [2.05, 4.69) is 40.1 Å². The lowest BCUT2D eigenvalue weighted by Gasteiger charge is -2.10. The first kappa shape index (κ1) is 15.0. The third-order valence-corrected chi connectivity index (χ3v) is 4.79. The van der Waals surface area contributed by atoms with E-state index in [9.17, 15) is 0 Å². The fourth-order valence-electron chi connectivity index (χ4n) is 3.46. The van der Waals surface area contributed by atoms with Gasteiger partial charge in [0.25, 0.3) is 0 Å². The highest BCUT2D eigenvalue weighted by Crippen LogP contribution is 2.34. The van der Waals surface area contributed by atoms with E-state index in [-0.39, 0.29) is 0 Å². The van der Waals surface area contributed by atoms with Gasteiger partial charge in [-0.2, -0.15) is 0 Å². The van der Waals surface area contributed by atoms with Crippen molar-refractivity contribution in [1.29, 1.82) is 0 Å². The first-order valence-corrected chi connectivity index (χ1v) is 8.76. The van der Waals surface area contributed by atoms with Crippen molar-refractivity contribution in [3.8, 4) is 22.8 Å². The molecule has 0 radical (unpaired) electrons. The van der Waals surface area contributed by atoms with Gasteiger partial charge >= 0.3 is 0 Å². The number of aromatic nitrogens is 3. The number of nitrogens with zero attached hydrogens (tertiary/aromatic N) is 3. The van der Waals surface area contributed by atoms with Crippen LogP contribution >= 0.6 is 0 Å². The average Bonchev–Trinajstić information content (AvgIpc) is 3.06. The first-order chi connectivity index (χ1) is 12.8. The van der Waals surface area contributed by atoms with Gasteiger partial charge in [0.15, 0.2) is 11.6 Å². The van der Waals surface area contributed by atoms with Gasteiger partial charge in [0.2, 0.25) is 0 Å². The highest BCUT2D eigenvalue weighted by Gasteiger charge is 2.19. The molecule has 0 unspecified atom stereocenters. The fourth-order valence-corrected chi connectivity index (χ4v) is 3.46. The fraction of sp³-hybridized carbons (Fsp3) is 0.136. The van der Waals surface area contributed by atoms with E-state index in [1.807, 2.05) is 42.5 Å². The van der Waals surface area contributed by atoms with Gasteiger partial charge in [-0.05, 0) is 36.6 Å². The van der Waals surface area contributed by atoms with E-state index in [1.165, 1.54) is 5.56 Å². The summed E-state index contributed by atoms with van der Waals surface area (Å²) in [5.74, 6) is 2.85. The number of hydrogen-bond acceptors (Lipinski definition) is 4. The largest absolute Gasteiger partial charge is 0.456 e. The summed E-state index contributed by atoms with van der Waals surface area (Å²) in [6.45, 7) is 2.22. The predicted octanol–water partition coefficient (Wildman–Crippen LogP) is 5.16. The summed E-state index contributed by atoms with van der Waals surface area (Å²) in [7, 11) is 0. The molecule has 0 bridgehead atoms. The molecule has 2 heterocycles. The lowest BCUT2D eigenvalue weighted by atomic mass is 9.93. The Morgan fingerprint density at radius 3 is 2.62 bits per heavy atom. The summed E-state index contributed by atoms with van der Waals surface area (Å²) >= 11 is 0. The molecule has 1 aliphatic rings. The zero-order valence-electron chi connectivity index (χ0n) is 14.4. The van der Waals surface area contributed by atoms with Gasteiger partial charge in [-0.25, -0.2) is 15.0 Å². The minimum atomic E-state index is 0.522. The number of furan rings is 1. The van der Waals surface area contributed by atoms with E-state index in [0.29, 0.717) is 17.6 Å². The molecule has 126 valence electrons. The van der Waals surface area contributed by atoms with E-state index in [0.717, 1.165) is 34.3 Å². The number of rotatable bonds is 2. The van der Waals surface area contributed by atoms with Gasteiger partial charge < -0.3 is 4.42 Å². The molecule has 2 aromatic heterocycles. The van der Waals surface area contributed by atoms with E-state index in [1.54, 1.807) is 6.33 Å². The molecule has 1 aliphatic carbocycles. The van der Waals surface area contributed by atoms with Crippen LogP contribution in [0.1, 0.15) is 18.2 Å². The first-order valence-electron chi connectivity index (χ1n) is 8.76. The zero-order valence-corrected chi connectivity index (χ0v) is 14.4. The van der Waals surface area contributed by atoms with Crippen molar-refractivity contribution < 1.29 is 4.42 Å². The van der Waals surface area contributed by atoms with Crippen LogP contribution in [0.4, 0.5) is 0 Å². The molecule has 1 atom stereocenters. The molecule has 26 heavy (non-hydrogen) atoms. The SMILES string of the molecule is C[C@@H]1C=Cc2oc3ccc(-c4ncnc(-c5ccccc5)n4)cc3c2C1. The summed E-state index contributed by atoms with van der Waals surface area (Å²) in [5.41, 5.74) is 4.14. The lowest BCUT2D eigenvalue weighted by molar-refractivity contribution is 0.584. The van der Waals surface area contributed by atoms with E-state index >= 15 is 0 Å². The normalized spacial score (nSPS) is 16.0. The van der Waals surface area contributed by atoms with Crippen LogP contribution in [0.2, 0.25) is 0 Å². The van der Waals surface area contributed by atoms with Crippen molar-refractivity contribution in [1.82, 2.24) is 15.0 Å². The molecule has 0 N–H and O–H groups in total. The second kappa shape index (κ2) is 5.92. The number of benzene rings is 2. The third-order valence-electron chi connectivity index (χ3n) is 4.79. The average molecular weight is 339 g/mol. The highest BCUT2D eigenvalue weighted by molar-refractivity contribution is 5.88. The predicted molar refractivity (Wildman–Crippen MR) is 102 cm³/mol. The summed E-state index contributed by atoms with van der Waals surface area (Å²) in [6.07, 6.45) is 6.85. The molecule has 4 heteroatoms. The minimum Gasteiger partial charge on any atom is -0.456 e. The molecule has 4 aromatic rings. The molecule has 0 spiro atoms. The van der Waals surface area contributed by atoms with Crippen molar-refractivity contribution in [2.45, 2.75) is 13.3 Å². The summed E-state index contributed by atoms with van der Waals surface area (Å²) < 4.78 is 5.98. The smallest absolute Gasteiger partial charge is 0.163 e. The van der Waals surface area contributed by atoms with Crippen LogP contribution in [0.5, 0.6) is 0 Å². The molecule has 0 saturated heterocycles. The van der Waals surface area contributed by atoms with Crippen LogP contribution in [0, 0.1) is 5.92 Å². The second-order valence-electron chi connectivity index (χ2n) is 6.70. The number of fused-ring (bicyclic) bond motifs is 3. The lowest BCUT2D eigenvalue weighted by Crippen LogP contribution is -2.01. The third kappa shape index (κ3) is 2.51. The van der Waals surface area contributed by atoms with Crippen molar-refractivity contribution in [2.75, 3.05) is 0 Å². The highest BCUT2D eigenvalue weighted by atomic mass is 16.3. The maximum atomic E-state index is 5.98. The standard InChI is InChI=1S/C22H17N3O/c1-14-7-9-19-17(11-14)18-12-16(8-10-20(18)26-19)22-24-13-23-21(25-22)15-5-3-2-4-6-15/h2-10,12-14H,11H2,1H3/t14-/m1/s1. The maximum absolute atomic E-state index is 5.98. The van der Waals surface area contributed by atoms with Gasteiger partial charge in [-0.1, -0.05) is 43.3 Å². The van der Waals surface area contributed by atoms with Crippen LogP contribution in [0.3, 0.4) is 0 Å². The van der Waals surface area contributed by atoms with Crippen LogP contribution in [-0.2, 0) is 6.42 Å². The Balaban J connectivity index is 1.62. The summed E-state index contributed by atoms with van der Waals surface area (Å²) in [4.78, 5) is 13.4. The maximum Gasteiger partial charge on any atom is 0.163 e. The van der Waals surface area contributed by atoms with Crippen molar-refractivity contribution in [3.63, 3.8) is 0 Å². The van der Waals surface area contributed by atoms with Gasteiger partial charge in [0.1, 0.15) is 17.7 Å². The van der Waals surface area contributed by atoms with Gasteiger partial charge in [0, 0.05) is 22.1 Å². The topological polar surface area (TPSA) is 51.8 Å². The molecule has 2 aromatic carbocycles. The zero-order chi connectivity index (χ0) is 17.5. The van der Waals surface area contributed by atoms with Crippen LogP contribution in [-0.4, -0.2) is 15.0 Å². The van der Waals surface area contributed by atoms with Crippen LogP contribution in [0.15, 0.2) is 65.4 Å². The number of allylic oxidation sites excluding steroid dienone is 1. The van der Waals surface area contributed by atoms with E-state index in [4.69, 9.17) is 4.42 Å². The Kier molecular flexibility index (Phi) is 3.42. The van der Waals surface area contributed by atoms with Gasteiger partial charge in [-0.3, -0.25) is 0 Å². The van der Waals surface area contributed by atoms with Crippen molar-refractivity contribution >= 4 is 17.0 Å². The quantitative estimate of drug-likeness (QED) is 0.506. The molecular weight excluding hydrogens is 322 g/mol. The van der Waals surface area contributed by atoms with Crippen molar-refractivity contribution in [2.24, 2.45) is 5.92 Å². The monoisotopic (exact) mass is 339 g/mol. The Morgan fingerprint density at radius 1 is 0.962 bits per heavy atom. The molecule has 0 aliphatic heterocycles. The van der Waals surface area contributed by atoms with E-state index < -0.39 is 0 Å². The van der Waals surface area contributed by atoms with Crippen LogP contribution < -0.4 is 0 Å². The molecule has 0 saturated carbocycles.